The average molecular weight is 564 g/mol. The minimum absolute atomic E-state index is 0.0945. The summed E-state index contributed by atoms with van der Waals surface area (Å²) in [6, 6.07) is 36.5. The Morgan fingerprint density at radius 1 is 0.829 bits per heavy atom. The highest BCUT2D eigenvalue weighted by molar-refractivity contribution is 8.01. The largest absolute Gasteiger partial charge is 0.508 e. The van der Waals surface area contributed by atoms with E-state index in [0.717, 1.165) is 16.7 Å². The smallest absolute Gasteiger partial charge is 0.244 e. The Labute approximate surface area is 244 Å². The molecule has 0 aromatic heterocycles. The van der Waals surface area contributed by atoms with Gasteiger partial charge in [-0.1, -0.05) is 109 Å². The number of phenols is 1. The second kappa shape index (κ2) is 10.7. The summed E-state index contributed by atoms with van der Waals surface area (Å²) in [7, 11) is 0. The SMILES string of the molecule is CC1(C)S[C@H]2C(NC(c3ccccc3)(c3ccccc3)c3ccccc3)C(=O)N2C1C(=O)NCc1ccccc1O. The minimum Gasteiger partial charge on any atom is -0.508 e. The lowest BCUT2D eigenvalue weighted by atomic mass is 9.76. The lowest BCUT2D eigenvalue weighted by molar-refractivity contribution is -0.154. The number of carbonyl (C=O) groups is 2. The van der Waals surface area contributed by atoms with E-state index in [-0.39, 0.29) is 29.5 Å². The maximum Gasteiger partial charge on any atom is 0.244 e. The Morgan fingerprint density at radius 2 is 1.32 bits per heavy atom. The van der Waals surface area contributed by atoms with Gasteiger partial charge in [0.1, 0.15) is 23.2 Å². The number of aromatic hydroxyl groups is 1. The van der Waals surface area contributed by atoms with E-state index < -0.39 is 22.4 Å². The molecular weight excluding hydrogens is 530 g/mol. The molecule has 7 heteroatoms. The van der Waals surface area contributed by atoms with Crippen LogP contribution < -0.4 is 10.6 Å². The van der Waals surface area contributed by atoms with E-state index in [0.29, 0.717) is 5.56 Å². The number of nitrogens with one attached hydrogen (secondary N) is 2. The van der Waals surface area contributed by atoms with Gasteiger partial charge in [-0.2, -0.15) is 0 Å². The summed E-state index contributed by atoms with van der Waals surface area (Å²) in [5, 5.41) is 16.7. The number of nitrogens with zero attached hydrogens (tertiary/aromatic N) is 1. The quantitative estimate of drug-likeness (QED) is 0.207. The van der Waals surface area contributed by atoms with Gasteiger partial charge in [0.05, 0.1) is 5.54 Å². The summed E-state index contributed by atoms with van der Waals surface area (Å²) < 4.78 is -0.505. The van der Waals surface area contributed by atoms with Crippen LogP contribution in [-0.2, 0) is 21.7 Å². The highest BCUT2D eigenvalue weighted by Gasteiger charge is 2.64. The highest BCUT2D eigenvalue weighted by atomic mass is 32.2. The number of benzene rings is 4. The maximum atomic E-state index is 14.0. The number of amides is 2. The third-order valence-corrected chi connectivity index (χ3v) is 9.70. The summed E-state index contributed by atoms with van der Waals surface area (Å²) >= 11 is 1.65. The number of thioether (sulfide) groups is 1. The summed E-state index contributed by atoms with van der Waals surface area (Å²) in [6.07, 6.45) is 0. The van der Waals surface area contributed by atoms with Crippen molar-refractivity contribution in [2.75, 3.05) is 0 Å². The first-order valence-electron chi connectivity index (χ1n) is 13.8. The Morgan fingerprint density at radius 3 is 1.83 bits per heavy atom. The summed E-state index contributed by atoms with van der Waals surface area (Å²) in [5.74, 6) is -0.183. The van der Waals surface area contributed by atoms with Crippen LogP contribution in [0.4, 0.5) is 0 Å². The van der Waals surface area contributed by atoms with Crippen molar-refractivity contribution in [2.24, 2.45) is 0 Å². The van der Waals surface area contributed by atoms with Gasteiger partial charge in [0, 0.05) is 16.9 Å². The molecule has 0 spiro atoms. The summed E-state index contributed by atoms with van der Waals surface area (Å²) in [6.45, 7) is 4.23. The second-order valence-electron chi connectivity index (χ2n) is 11.1. The van der Waals surface area contributed by atoms with Crippen LogP contribution in [0.15, 0.2) is 115 Å². The molecule has 0 aliphatic carbocycles. The van der Waals surface area contributed by atoms with Gasteiger partial charge in [0.25, 0.3) is 0 Å². The molecule has 2 amide bonds. The van der Waals surface area contributed by atoms with Crippen molar-refractivity contribution in [3.05, 3.63) is 138 Å². The zero-order chi connectivity index (χ0) is 28.6. The Balaban J connectivity index is 1.33. The number of phenolic OH excluding ortho intramolecular Hbond substituents is 1. The van der Waals surface area contributed by atoms with Gasteiger partial charge in [0.2, 0.25) is 11.8 Å². The second-order valence-corrected chi connectivity index (χ2v) is 12.8. The van der Waals surface area contributed by atoms with Crippen molar-refractivity contribution in [3.8, 4) is 5.75 Å². The zero-order valence-electron chi connectivity index (χ0n) is 23.0. The van der Waals surface area contributed by atoms with E-state index in [2.05, 4.69) is 47.0 Å². The Hall–Kier alpha value is -4.07. The summed E-state index contributed by atoms with van der Waals surface area (Å²) in [4.78, 5) is 29.2. The van der Waals surface area contributed by atoms with E-state index in [9.17, 15) is 14.7 Å². The number of fused-ring (bicyclic) bond motifs is 1. The monoisotopic (exact) mass is 563 g/mol. The molecule has 4 aromatic rings. The molecule has 3 N–H and O–H groups in total. The normalized spacial score (nSPS) is 21.2. The minimum atomic E-state index is -0.786. The van der Waals surface area contributed by atoms with Gasteiger partial charge in [0.15, 0.2) is 0 Å². The lowest BCUT2D eigenvalue weighted by Gasteiger charge is -2.49. The van der Waals surface area contributed by atoms with Gasteiger partial charge >= 0.3 is 0 Å². The molecule has 41 heavy (non-hydrogen) atoms. The van der Waals surface area contributed by atoms with Crippen molar-refractivity contribution in [3.63, 3.8) is 0 Å². The topological polar surface area (TPSA) is 81.7 Å². The third-order valence-electron chi connectivity index (χ3n) is 8.13. The van der Waals surface area contributed by atoms with Gasteiger partial charge in [-0.05, 0) is 36.6 Å². The number of para-hydroxylation sites is 1. The van der Waals surface area contributed by atoms with E-state index in [1.807, 2.05) is 74.5 Å². The van der Waals surface area contributed by atoms with Gasteiger partial charge in [-0.3, -0.25) is 14.9 Å². The van der Waals surface area contributed by atoms with Crippen LogP contribution in [0.3, 0.4) is 0 Å². The van der Waals surface area contributed by atoms with Crippen LogP contribution in [0, 0.1) is 0 Å². The van der Waals surface area contributed by atoms with Crippen molar-refractivity contribution in [1.29, 1.82) is 0 Å². The van der Waals surface area contributed by atoms with E-state index in [4.69, 9.17) is 0 Å². The highest BCUT2D eigenvalue weighted by Crippen LogP contribution is 2.52. The molecule has 2 unspecified atom stereocenters. The van der Waals surface area contributed by atoms with Crippen LogP contribution in [0.5, 0.6) is 5.75 Å². The molecule has 0 radical (unpaired) electrons. The first-order valence-corrected chi connectivity index (χ1v) is 14.7. The fourth-order valence-corrected chi connectivity index (χ4v) is 7.79. The molecule has 2 aliphatic heterocycles. The standard InChI is InChI=1S/C34H33N3O3S/c1-33(2)29(30(39)35-22-23-14-12-13-21-27(23)38)37-31(40)28(32(37)41-33)36-34(24-15-6-3-7-16-24,25-17-8-4-9-18-25)26-19-10-5-11-20-26/h3-21,28-29,32,36,38H,22H2,1-2H3,(H,35,39)/t28?,29?,32-/m0/s1. The fraction of sp³-hybridized carbons (Fsp3) is 0.235. The number of carbonyl (C=O) groups excluding carboxylic acids is 2. The van der Waals surface area contributed by atoms with Crippen LogP contribution in [-0.4, -0.2) is 44.0 Å². The maximum absolute atomic E-state index is 14.0. The van der Waals surface area contributed by atoms with Crippen molar-refractivity contribution in [1.82, 2.24) is 15.5 Å². The predicted octanol–water partition coefficient (Wildman–Crippen LogP) is 5.02. The number of hydrogen-bond donors (Lipinski definition) is 3. The van der Waals surface area contributed by atoms with Gasteiger partial charge in [-0.15, -0.1) is 11.8 Å². The molecule has 6 rings (SSSR count). The van der Waals surface area contributed by atoms with Crippen LogP contribution in [0.2, 0.25) is 0 Å². The van der Waals surface area contributed by atoms with Crippen molar-refractivity contribution in [2.45, 2.75) is 48.1 Å². The molecule has 2 fully saturated rings. The fourth-order valence-electron chi connectivity index (χ4n) is 6.16. The molecule has 2 saturated heterocycles. The molecule has 0 saturated carbocycles. The first kappa shape index (κ1) is 27.1. The summed E-state index contributed by atoms with van der Waals surface area (Å²) in [5.41, 5.74) is 2.94. The van der Waals surface area contributed by atoms with E-state index in [1.165, 1.54) is 0 Å². The Kier molecular flexibility index (Phi) is 7.09. The lowest BCUT2D eigenvalue weighted by Crippen LogP contribution is -2.73. The van der Waals surface area contributed by atoms with Crippen molar-refractivity contribution < 1.29 is 14.7 Å². The van der Waals surface area contributed by atoms with Gasteiger partial charge in [-0.25, -0.2) is 0 Å². The van der Waals surface area contributed by atoms with E-state index >= 15 is 0 Å². The Bertz CT molecular complexity index is 1450. The number of rotatable bonds is 8. The number of hydrogen-bond acceptors (Lipinski definition) is 5. The molecule has 3 atom stereocenters. The van der Waals surface area contributed by atoms with Crippen LogP contribution in [0.1, 0.15) is 36.1 Å². The third kappa shape index (κ3) is 4.69. The van der Waals surface area contributed by atoms with E-state index in [1.54, 1.807) is 34.9 Å². The zero-order valence-corrected chi connectivity index (χ0v) is 23.8. The molecule has 6 nitrogen and oxygen atoms in total. The van der Waals surface area contributed by atoms with Gasteiger partial charge < -0.3 is 15.3 Å². The molecular formula is C34H33N3O3S. The first-order chi connectivity index (χ1) is 19.8. The molecule has 208 valence electrons. The molecule has 2 heterocycles. The molecule has 2 aliphatic rings. The predicted molar refractivity (Wildman–Crippen MR) is 162 cm³/mol. The van der Waals surface area contributed by atoms with Crippen molar-refractivity contribution >= 4 is 23.6 Å². The molecule has 0 bridgehead atoms. The average Bonchev–Trinajstić information content (AvgIpc) is 3.26. The van der Waals surface area contributed by atoms with Crippen LogP contribution >= 0.6 is 11.8 Å². The van der Waals surface area contributed by atoms with Crippen LogP contribution in [0.25, 0.3) is 0 Å². The molecule has 4 aromatic carbocycles. The number of β-lactam (4-membered cyclic amide) rings is 1.